The number of sulfonamides is 1. The third-order valence-corrected chi connectivity index (χ3v) is 6.78. The lowest BCUT2D eigenvalue weighted by Gasteiger charge is -2.22. The Morgan fingerprint density at radius 1 is 1.12 bits per heavy atom. The van der Waals surface area contributed by atoms with Gasteiger partial charge in [-0.2, -0.15) is 0 Å². The van der Waals surface area contributed by atoms with E-state index >= 15 is 0 Å². The summed E-state index contributed by atoms with van der Waals surface area (Å²) in [7, 11) is -3.32. The number of carbonyl (C=O) groups excluding carboxylic acids is 1. The Balaban J connectivity index is 1.67. The van der Waals surface area contributed by atoms with Gasteiger partial charge in [-0.15, -0.1) is 0 Å². The highest BCUT2D eigenvalue weighted by Gasteiger charge is 2.33. The van der Waals surface area contributed by atoms with Gasteiger partial charge in [0.1, 0.15) is 0 Å². The summed E-state index contributed by atoms with van der Waals surface area (Å²) < 4.78 is 26.5. The van der Waals surface area contributed by atoms with Crippen LogP contribution >= 0.6 is 15.9 Å². The Kier molecular flexibility index (Phi) is 4.11. The minimum atomic E-state index is -3.32. The topological polar surface area (TPSA) is 57.7 Å². The van der Waals surface area contributed by atoms with Gasteiger partial charge in [-0.05, 0) is 67.3 Å². The molecule has 2 aliphatic heterocycles. The molecule has 0 fully saturated rings. The average Bonchev–Trinajstić information content (AvgIpc) is 3.12. The van der Waals surface area contributed by atoms with Crippen LogP contribution in [-0.4, -0.2) is 33.2 Å². The first kappa shape index (κ1) is 17.5. The van der Waals surface area contributed by atoms with Crippen molar-refractivity contribution in [3.8, 4) is 0 Å². The molecule has 0 bridgehead atoms. The van der Waals surface area contributed by atoms with Gasteiger partial charge < -0.3 is 4.90 Å². The fraction of sp³-hybridized carbons (Fsp3) is 0.316. The van der Waals surface area contributed by atoms with Gasteiger partial charge in [0, 0.05) is 28.3 Å². The van der Waals surface area contributed by atoms with E-state index in [0.29, 0.717) is 24.2 Å². The molecule has 0 radical (unpaired) electrons. The summed E-state index contributed by atoms with van der Waals surface area (Å²) in [5, 5.41) is 0. The molecular formula is C19H19BrN2O3S. The van der Waals surface area contributed by atoms with Crippen LogP contribution in [0.4, 0.5) is 11.4 Å². The summed E-state index contributed by atoms with van der Waals surface area (Å²) in [4.78, 5) is 14.8. The number of rotatable bonds is 2. The Hall–Kier alpha value is -1.86. The number of hydrogen-bond acceptors (Lipinski definition) is 3. The summed E-state index contributed by atoms with van der Waals surface area (Å²) in [6.45, 7) is 2.55. The van der Waals surface area contributed by atoms with Gasteiger partial charge in [-0.25, -0.2) is 8.42 Å². The fourth-order valence-corrected chi connectivity index (χ4v) is 5.65. The lowest BCUT2D eigenvalue weighted by atomic mass is 10.1. The smallest absolute Gasteiger partial charge is 0.258 e. The van der Waals surface area contributed by atoms with E-state index in [1.54, 1.807) is 17.0 Å². The van der Waals surface area contributed by atoms with Crippen LogP contribution in [0.3, 0.4) is 0 Å². The van der Waals surface area contributed by atoms with Gasteiger partial charge in [0.25, 0.3) is 5.91 Å². The quantitative estimate of drug-likeness (QED) is 0.727. The molecular weight excluding hydrogens is 416 g/mol. The van der Waals surface area contributed by atoms with Crippen molar-refractivity contribution in [2.75, 3.05) is 22.0 Å². The maximum Gasteiger partial charge on any atom is 0.258 e. The maximum absolute atomic E-state index is 13.0. The number of halogens is 1. The summed E-state index contributed by atoms with van der Waals surface area (Å²) in [6.07, 6.45) is 2.67. The van der Waals surface area contributed by atoms with Crippen molar-refractivity contribution < 1.29 is 13.2 Å². The molecule has 0 aromatic heterocycles. The molecule has 2 aromatic carbocycles. The van der Waals surface area contributed by atoms with Crippen LogP contribution in [0.2, 0.25) is 0 Å². The third-order valence-electron chi connectivity index (χ3n) is 5.02. The predicted molar refractivity (Wildman–Crippen MR) is 106 cm³/mol. The van der Waals surface area contributed by atoms with Gasteiger partial charge in [0.2, 0.25) is 10.0 Å². The Bertz CT molecular complexity index is 1020. The highest BCUT2D eigenvalue weighted by Crippen LogP contribution is 2.36. The van der Waals surface area contributed by atoms with Crippen molar-refractivity contribution >= 4 is 43.2 Å². The molecule has 1 atom stereocenters. The van der Waals surface area contributed by atoms with Crippen LogP contribution in [0.5, 0.6) is 0 Å². The first-order chi connectivity index (χ1) is 12.3. The Morgan fingerprint density at radius 3 is 2.58 bits per heavy atom. The van der Waals surface area contributed by atoms with Crippen LogP contribution in [0.15, 0.2) is 40.9 Å². The minimum Gasteiger partial charge on any atom is -0.308 e. The number of amides is 1. The second kappa shape index (κ2) is 6.09. The van der Waals surface area contributed by atoms with Gasteiger partial charge >= 0.3 is 0 Å². The van der Waals surface area contributed by atoms with E-state index in [1.165, 1.54) is 10.6 Å². The third kappa shape index (κ3) is 2.83. The Labute approximate surface area is 161 Å². The molecule has 4 rings (SSSR count). The number of carbonyl (C=O) groups is 1. The molecule has 26 heavy (non-hydrogen) atoms. The van der Waals surface area contributed by atoms with Crippen molar-refractivity contribution in [1.29, 1.82) is 0 Å². The zero-order valence-electron chi connectivity index (χ0n) is 14.6. The highest BCUT2D eigenvalue weighted by molar-refractivity contribution is 9.10. The standard InChI is InChI=1S/C19H19BrN2O3S/c1-12-9-15-10-14(3-5-18(15)22(12)26(2,24)25)19(23)21-8-7-13-11-16(20)4-6-17(13)21/h3-6,10-12H,7-9H2,1-2H3. The van der Waals surface area contributed by atoms with Crippen molar-refractivity contribution in [2.45, 2.75) is 25.8 Å². The summed E-state index contributed by atoms with van der Waals surface area (Å²) >= 11 is 3.47. The second-order valence-electron chi connectivity index (χ2n) is 6.94. The van der Waals surface area contributed by atoms with Gasteiger partial charge in [-0.1, -0.05) is 15.9 Å². The number of nitrogens with zero attached hydrogens (tertiary/aromatic N) is 2. The van der Waals surface area contributed by atoms with Crippen LogP contribution < -0.4 is 9.21 Å². The SMILES string of the molecule is CC1Cc2cc(C(=O)N3CCc4cc(Br)ccc43)ccc2N1S(C)(=O)=O. The molecule has 0 aliphatic carbocycles. The van der Waals surface area contributed by atoms with Crippen LogP contribution in [0.25, 0.3) is 0 Å². The monoisotopic (exact) mass is 434 g/mol. The molecule has 0 spiro atoms. The fourth-order valence-electron chi connectivity index (χ4n) is 3.98. The molecule has 0 saturated carbocycles. The maximum atomic E-state index is 13.0. The zero-order valence-corrected chi connectivity index (χ0v) is 17.0. The van der Waals surface area contributed by atoms with Gasteiger partial charge in [0.15, 0.2) is 0 Å². The first-order valence-electron chi connectivity index (χ1n) is 8.48. The van der Waals surface area contributed by atoms with E-state index in [9.17, 15) is 13.2 Å². The summed E-state index contributed by atoms with van der Waals surface area (Å²) in [5.74, 6) is -0.0423. The molecule has 136 valence electrons. The first-order valence-corrected chi connectivity index (χ1v) is 11.1. The largest absolute Gasteiger partial charge is 0.308 e. The molecule has 2 aromatic rings. The van der Waals surface area contributed by atoms with E-state index in [-0.39, 0.29) is 11.9 Å². The zero-order chi connectivity index (χ0) is 18.6. The molecule has 5 nitrogen and oxygen atoms in total. The lowest BCUT2D eigenvalue weighted by molar-refractivity contribution is 0.0989. The van der Waals surface area contributed by atoms with Crippen molar-refractivity contribution in [3.63, 3.8) is 0 Å². The van der Waals surface area contributed by atoms with Crippen LogP contribution in [0.1, 0.15) is 28.4 Å². The van der Waals surface area contributed by atoms with Crippen molar-refractivity contribution in [1.82, 2.24) is 0 Å². The molecule has 0 saturated heterocycles. The van der Waals surface area contributed by atoms with E-state index in [1.807, 2.05) is 25.1 Å². The van der Waals surface area contributed by atoms with E-state index in [2.05, 4.69) is 22.0 Å². The summed E-state index contributed by atoms with van der Waals surface area (Å²) in [5.41, 5.74) is 4.30. The highest BCUT2D eigenvalue weighted by atomic mass is 79.9. The van der Waals surface area contributed by atoms with Crippen LogP contribution in [-0.2, 0) is 22.9 Å². The number of hydrogen-bond donors (Lipinski definition) is 0. The minimum absolute atomic E-state index is 0.0423. The normalized spacial score (nSPS) is 18.8. The molecule has 0 N–H and O–H groups in total. The van der Waals surface area contributed by atoms with Crippen LogP contribution in [0, 0.1) is 0 Å². The average molecular weight is 435 g/mol. The van der Waals surface area contributed by atoms with E-state index in [0.717, 1.165) is 27.7 Å². The molecule has 7 heteroatoms. The number of benzene rings is 2. The molecule has 2 aliphatic rings. The summed E-state index contributed by atoms with van der Waals surface area (Å²) in [6, 6.07) is 11.2. The molecule has 1 amide bonds. The molecule has 2 heterocycles. The number of fused-ring (bicyclic) bond motifs is 2. The van der Waals surface area contributed by atoms with E-state index < -0.39 is 10.0 Å². The van der Waals surface area contributed by atoms with Gasteiger partial charge in [-0.3, -0.25) is 9.10 Å². The second-order valence-corrected chi connectivity index (χ2v) is 9.71. The predicted octanol–water partition coefficient (Wildman–Crippen LogP) is 3.36. The van der Waals surface area contributed by atoms with Crippen molar-refractivity contribution in [3.05, 3.63) is 57.6 Å². The van der Waals surface area contributed by atoms with Gasteiger partial charge in [0.05, 0.1) is 11.9 Å². The number of anilines is 2. The molecule has 1 unspecified atom stereocenters. The van der Waals surface area contributed by atoms with E-state index in [4.69, 9.17) is 0 Å². The Morgan fingerprint density at radius 2 is 1.85 bits per heavy atom. The van der Waals surface area contributed by atoms with Crippen molar-refractivity contribution in [2.24, 2.45) is 0 Å². The lowest BCUT2D eigenvalue weighted by Crippen LogP contribution is -2.34.